The number of hydrogen-bond donors (Lipinski definition) is 0. The van der Waals surface area contributed by atoms with E-state index in [2.05, 4.69) is 4.99 Å². The molecular weight excluding hydrogens is 174 g/mol. The summed E-state index contributed by atoms with van der Waals surface area (Å²) in [5.74, 6) is -0.236. The Hall–Kier alpha value is -1.15. The van der Waals surface area contributed by atoms with Crippen molar-refractivity contribution in [3.8, 4) is 0 Å². The number of nitrogens with zero attached hydrogens (tertiary/aromatic N) is 1. The topological polar surface area (TPSA) is 29.4 Å². The van der Waals surface area contributed by atoms with Crippen molar-refractivity contribution in [2.45, 2.75) is 0 Å². The van der Waals surface area contributed by atoms with Gasteiger partial charge in [-0.05, 0) is 0 Å². The molecule has 12 heavy (non-hydrogen) atoms. The molecule has 3 heteroatoms. The van der Waals surface area contributed by atoms with Gasteiger partial charge in [0.2, 0.25) is 5.78 Å². The molecule has 1 aromatic rings. The molecule has 0 amide bonds. The van der Waals surface area contributed by atoms with Crippen LogP contribution in [0, 0.1) is 0 Å². The number of halogens is 1. The Balaban J connectivity index is 2.94. The molecular formula is C9H8ClNO. The number of ketones is 1. The van der Waals surface area contributed by atoms with Crippen LogP contribution < -0.4 is 0 Å². The zero-order valence-corrected chi connectivity index (χ0v) is 7.38. The first-order valence-electron chi connectivity index (χ1n) is 3.47. The fraction of sp³-hybridized carbons (Fsp3) is 0.111. The summed E-state index contributed by atoms with van der Waals surface area (Å²) in [7, 11) is 1.49. The third-order valence-corrected chi connectivity index (χ3v) is 1.76. The summed E-state index contributed by atoms with van der Waals surface area (Å²) < 4.78 is 0. The molecule has 62 valence electrons. The Morgan fingerprint density at radius 2 is 1.92 bits per heavy atom. The van der Waals surface area contributed by atoms with Gasteiger partial charge in [0.05, 0.1) is 0 Å². The van der Waals surface area contributed by atoms with Crippen molar-refractivity contribution in [3.63, 3.8) is 0 Å². The monoisotopic (exact) mass is 181 g/mol. The molecule has 2 nitrogen and oxygen atoms in total. The van der Waals surface area contributed by atoms with Crippen molar-refractivity contribution in [2.75, 3.05) is 7.05 Å². The lowest BCUT2D eigenvalue weighted by Crippen LogP contribution is -2.07. The van der Waals surface area contributed by atoms with E-state index < -0.39 is 0 Å². The van der Waals surface area contributed by atoms with Crippen LogP contribution in [0.3, 0.4) is 0 Å². The van der Waals surface area contributed by atoms with Crippen LogP contribution in [0.5, 0.6) is 0 Å². The average molecular weight is 182 g/mol. The van der Waals surface area contributed by atoms with Crippen LogP contribution in [0.4, 0.5) is 0 Å². The highest BCUT2D eigenvalue weighted by Crippen LogP contribution is 2.03. The summed E-state index contributed by atoms with van der Waals surface area (Å²) in [5, 5.41) is 0.0150. The molecule has 0 aromatic heterocycles. The molecule has 0 unspecified atom stereocenters. The molecule has 0 radical (unpaired) electrons. The van der Waals surface area contributed by atoms with Gasteiger partial charge < -0.3 is 0 Å². The van der Waals surface area contributed by atoms with Crippen LogP contribution >= 0.6 is 11.6 Å². The summed E-state index contributed by atoms with van der Waals surface area (Å²) in [6.45, 7) is 0. The molecule has 0 atom stereocenters. The molecule has 0 aliphatic heterocycles. The van der Waals surface area contributed by atoms with E-state index in [0.717, 1.165) is 0 Å². The number of carbonyl (C=O) groups is 1. The fourth-order valence-corrected chi connectivity index (χ4v) is 0.919. The number of benzene rings is 1. The van der Waals surface area contributed by atoms with Gasteiger partial charge in [-0.3, -0.25) is 9.79 Å². The predicted molar refractivity (Wildman–Crippen MR) is 50.0 cm³/mol. The molecule has 0 heterocycles. The molecule has 0 saturated carbocycles. The molecule has 0 spiro atoms. The van der Waals surface area contributed by atoms with Crippen LogP contribution in [-0.2, 0) is 0 Å². The summed E-state index contributed by atoms with van der Waals surface area (Å²) in [4.78, 5) is 14.9. The number of hydrogen-bond acceptors (Lipinski definition) is 2. The summed E-state index contributed by atoms with van der Waals surface area (Å²) >= 11 is 5.55. The maximum absolute atomic E-state index is 11.3. The molecule has 1 aromatic carbocycles. The minimum atomic E-state index is -0.236. The Morgan fingerprint density at radius 1 is 1.33 bits per heavy atom. The van der Waals surface area contributed by atoms with E-state index in [4.69, 9.17) is 11.6 Å². The SMILES string of the molecule is CN=C(Cl)C(=O)c1ccccc1. The lowest BCUT2D eigenvalue weighted by molar-refractivity contribution is 0.106. The first-order chi connectivity index (χ1) is 5.75. The van der Waals surface area contributed by atoms with Crippen molar-refractivity contribution in [1.29, 1.82) is 0 Å². The number of Topliss-reactive ketones (excluding diaryl/α,β-unsaturated/α-hetero) is 1. The highest BCUT2D eigenvalue weighted by molar-refractivity contribution is 6.84. The maximum atomic E-state index is 11.3. The molecule has 0 bridgehead atoms. The van der Waals surface area contributed by atoms with Gasteiger partial charge in [0, 0.05) is 12.6 Å². The highest BCUT2D eigenvalue weighted by atomic mass is 35.5. The normalized spacial score (nSPS) is 11.3. The third kappa shape index (κ3) is 1.92. The van der Waals surface area contributed by atoms with Crippen LogP contribution in [0.2, 0.25) is 0 Å². The van der Waals surface area contributed by atoms with Crippen LogP contribution in [-0.4, -0.2) is 18.0 Å². The second kappa shape index (κ2) is 4.02. The summed E-state index contributed by atoms with van der Waals surface area (Å²) in [6.07, 6.45) is 0. The van der Waals surface area contributed by atoms with Crippen molar-refractivity contribution in [3.05, 3.63) is 35.9 Å². The summed E-state index contributed by atoms with van der Waals surface area (Å²) in [5.41, 5.74) is 0.563. The van der Waals surface area contributed by atoms with Gasteiger partial charge in [-0.1, -0.05) is 41.9 Å². The minimum absolute atomic E-state index is 0.0150. The summed E-state index contributed by atoms with van der Waals surface area (Å²) in [6, 6.07) is 8.82. The number of aliphatic imine (C=N–C) groups is 1. The van der Waals surface area contributed by atoms with Crippen LogP contribution in [0.25, 0.3) is 0 Å². The van der Waals surface area contributed by atoms with Gasteiger partial charge in [-0.2, -0.15) is 0 Å². The Labute approximate surface area is 75.9 Å². The van der Waals surface area contributed by atoms with Crippen LogP contribution in [0.1, 0.15) is 10.4 Å². The largest absolute Gasteiger partial charge is 0.286 e. The molecule has 0 aliphatic carbocycles. The third-order valence-electron chi connectivity index (χ3n) is 1.42. The lowest BCUT2D eigenvalue weighted by Gasteiger charge is -1.95. The van der Waals surface area contributed by atoms with E-state index in [-0.39, 0.29) is 11.0 Å². The first kappa shape index (κ1) is 8.94. The Bertz CT molecular complexity index is 306. The van der Waals surface area contributed by atoms with Crippen LogP contribution in [0.15, 0.2) is 35.3 Å². The smallest absolute Gasteiger partial charge is 0.222 e. The lowest BCUT2D eigenvalue weighted by atomic mass is 10.1. The number of carbonyl (C=O) groups excluding carboxylic acids is 1. The van der Waals surface area contributed by atoms with E-state index >= 15 is 0 Å². The van der Waals surface area contributed by atoms with Crippen molar-refractivity contribution < 1.29 is 4.79 Å². The van der Waals surface area contributed by atoms with E-state index in [1.54, 1.807) is 24.3 Å². The van der Waals surface area contributed by atoms with E-state index in [0.29, 0.717) is 5.56 Å². The first-order valence-corrected chi connectivity index (χ1v) is 3.85. The number of rotatable bonds is 2. The Morgan fingerprint density at radius 3 is 2.42 bits per heavy atom. The standard InChI is InChI=1S/C9H8ClNO/c1-11-9(10)8(12)7-5-3-2-4-6-7/h2-6H,1H3. The predicted octanol–water partition coefficient (Wildman–Crippen LogP) is 2.14. The van der Waals surface area contributed by atoms with E-state index in [1.165, 1.54) is 7.05 Å². The van der Waals surface area contributed by atoms with Crippen molar-refractivity contribution in [2.24, 2.45) is 4.99 Å². The Kier molecular flexibility index (Phi) is 3.00. The molecule has 0 saturated heterocycles. The van der Waals surface area contributed by atoms with E-state index in [9.17, 15) is 4.79 Å². The zero-order valence-electron chi connectivity index (χ0n) is 6.62. The molecule has 0 fully saturated rings. The second-order valence-corrected chi connectivity index (χ2v) is 2.57. The molecule has 0 aliphatic rings. The van der Waals surface area contributed by atoms with Gasteiger partial charge in [-0.15, -0.1) is 0 Å². The molecule has 0 N–H and O–H groups in total. The fourth-order valence-electron chi connectivity index (χ4n) is 0.810. The maximum Gasteiger partial charge on any atom is 0.222 e. The van der Waals surface area contributed by atoms with Gasteiger partial charge in [0.25, 0.3) is 0 Å². The quantitative estimate of drug-likeness (QED) is 0.508. The van der Waals surface area contributed by atoms with Gasteiger partial charge in [-0.25, -0.2) is 0 Å². The highest BCUT2D eigenvalue weighted by Gasteiger charge is 2.08. The van der Waals surface area contributed by atoms with Gasteiger partial charge in [0.15, 0.2) is 5.17 Å². The van der Waals surface area contributed by atoms with Gasteiger partial charge in [0.1, 0.15) is 0 Å². The van der Waals surface area contributed by atoms with Crippen molar-refractivity contribution >= 4 is 22.6 Å². The zero-order chi connectivity index (χ0) is 8.97. The minimum Gasteiger partial charge on any atom is -0.286 e. The van der Waals surface area contributed by atoms with Gasteiger partial charge >= 0.3 is 0 Å². The van der Waals surface area contributed by atoms with E-state index in [1.807, 2.05) is 6.07 Å². The average Bonchev–Trinajstić information content (AvgIpc) is 2.17. The molecule has 1 rings (SSSR count). The second-order valence-electron chi connectivity index (χ2n) is 2.21. The van der Waals surface area contributed by atoms with Crippen molar-refractivity contribution in [1.82, 2.24) is 0 Å².